The van der Waals surface area contributed by atoms with Crippen LogP contribution in [0.3, 0.4) is 0 Å². The van der Waals surface area contributed by atoms with Gasteiger partial charge in [-0.2, -0.15) is 0 Å². The summed E-state index contributed by atoms with van der Waals surface area (Å²) < 4.78 is 28.9. The van der Waals surface area contributed by atoms with Crippen molar-refractivity contribution in [2.24, 2.45) is 5.41 Å². The number of carbonyl (C=O) groups is 1. The van der Waals surface area contributed by atoms with Gasteiger partial charge in [0.25, 0.3) is 5.92 Å². The van der Waals surface area contributed by atoms with Gasteiger partial charge in [0.2, 0.25) is 0 Å². The highest BCUT2D eigenvalue weighted by Crippen LogP contribution is 2.49. The molecule has 1 aromatic carbocycles. The molecule has 0 fully saturated rings. The third-order valence-electron chi connectivity index (χ3n) is 2.81. The molecule has 0 heterocycles. The number of halogens is 6. The topological polar surface area (TPSA) is 37.3 Å². The molecule has 8 heteroatoms. The summed E-state index contributed by atoms with van der Waals surface area (Å²) in [6.07, 6.45) is -1.16. The molecule has 0 aliphatic rings. The third-order valence-corrected chi connectivity index (χ3v) is 4.37. The van der Waals surface area contributed by atoms with Crippen molar-refractivity contribution in [1.82, 2.24) is 0 Å². The fourth-order valence-corrected chi connectivity index (χ4v) is 3.25. The van der Waals surface area contributed by atoms with Gasteiger partial charge in [0.1, 0.15) is 0 Å². The molecule has 0 saturated carbocycles. The molecule has 1 N–H and O–H groups in total. The zero-order valence-corrected chi connectivity index (χ0v) is 14.1. The standard InChI is InChI=1S/C13H12Cl4F2O2/c1-12(2,4-8(20)21)5-13(18,19)9-6(14)3-7(15)10(16)11(9)17/h3H,4-5H2,1-2H3,(H,20,21). The number of hydrogen-bond acceptors (Lipinski definition) is 1. The van der Waals surface area contributed by atoms with Crippen LogP contribution in [0.15, 0.2) is 6.07 Å². The van der Waals surface area contributed by atoms with Crippen LogP contribution < -0.4 is 0 Å². The number of hydrogen-bond donors (Lipinski definition) is 1. The van der Waals surface area contributed by atoms with Gasteiger partial charge in [-0.3, -0.25) is 4.79 Å². The van der Waals surface area contributed by atoms with Gasteiger partial charge in [-0.1, -0.05) is 60.3 Å². The van der Waals surface area contributed by atoms with E-state index < -0.39 is 40.7 Å². The monoisotopic (exact) mass is 378 g/mol. The number of alkyl halides is 2. The maximum absolute atomic E-state index is 14.5. The average Bonchev–Trinajstić information content (AvgIpc) is 2.21. The normalized spacial score (nSPS) is 12.6. The highest BCUT2D eigenvalue weighted by atomic mass is 35.5. The first kappa shape index (κ1) is 18.8. The van der Waals surface area contributed by atoms with Crippen LogP contribution in [0.5, 0.6) is 0 Å². The van der Waals surface area contributed by atoms with E-state index in [2.05, 4.69) is 0 Å². The van der Waals surface area contributed by atoms with Crippen LogP contribution in [0.1, 0.15) is 32.3 Å². The summed E-state index contributed by atoms with van der Waals surface area (Å²) in [5.41, 5.74) is -1.80. The van der Waals surface area contributed by atoms with Gasteiger partial charge in [-0.15, -0.1) is 0 Å². The summed E-state index contributed by atoms with van der Waals surface area (Å²) in [7, 11) is 0. The van der Waals surface area contributed by atoms with E-state index in [1.807, 2.05) is 0 Å². The van der Waals surface area contributed by atoms with Crippen LogP contribution in [-0.2, 0) is 10.7 Å². The predicted octanol–water partition coefficient (Wildman–Crippen LogP) is 6.28. The first-order valence-electron chi connectivity index (χ1n) is 5.80. The van der Waals surface area contributed by atoms with E-state index in [4.69, 9.17) is 51.5 Å². The molecule has 0 aliphatic carbocycles. The molecular weight excluding hydrogens is 368 g/mol. The number of carboxylic acid groups (broad SMARTS) is 1. The molecule has 2 nitrogen and oxygen atoms in total. The van der Waals surface area contributed by atoms with Crippen molar-refractivity contribution in [3.8, 4) is 0 Å². The first-order chi connectivity index (χ1) is 9.37. The molecule has 0 saturated heterocycles. The fraction of sp³-hybridized carbons (Fsp3) is 0.462. The van der Waals surface area contributed by atoms with E-state index in [0.717, 1.165) is 6.07 Å². The van der Waals surface area contributed by atoms with E-state index in [1.54, 1.807) is 0 Å². The Morgan fingerprint density at radius 3 is 2.14 bits per heavy atom. The van der Waals surface area contributed by atoms with Crippen molar-refractivity contribution in [1.29, 1.82) is 0 Å². The maximum Gasteiger partial charge on any atom is 0.303 e. The molecule has 0 spiro atoms. The average molecular weight is 380 g/mol. The van der Waals surface area contributed by atoms with Crippen molar-refractivity contribution < 1.29 is 18.7 Å². The summed E-state index contributed by atoms with van der Waals surface area (Å²) >= 11 is 23.1. The van der Waals surface area contributed by atoms with Crippen LogP contribution in [0, 0.1) is 5.41 Å². The van der Waals surface area contributed by atoms with Crippen molar-refractivity contribution in [3.63, 3.8) is 0 Å². The lowest BCUT2D eigenvalue weighted by Gasteiger charge is -2.29. The Morgan fingerprint density at radius 2 is 1.67 bits per heavy atom. The van der Waals surface area contributed by atoms with Gasteiger partial charge >= 0.3 is 5.97 Å². The Hall–Kier alpha value is -0.290. The summed E-state index contributed by atoms with van der Waals surface area (Å²) in [6, 6.07) is 1.09. The molecule has 0 aromatic heterocycles. The second-order valence-electron chi connectivity index (χ2n) is 5.46. The molecule has 0 amide bonds. The number of rotatable bonds is 5. The van der Waals surface area contributed by atoms with Crippen LogP contribution in [0.4, 0.5) is 8.78 Å². The minimum absolute atomic E-state index is 0.0315. The zero-order chi connectivity index (χ0) is 16.6. The quantitative estimate of drug-likeness (QED) is 0.482. The van der Waals surface area contributed by atoms with Gasteiger partial charge in [-0.05, 0) is 11.5 Å². The fourth-order valence-electron chi connectivity index (χ4n) is 2.06. The molecule has 21 heavy (non-hydrogen) atoms. The predicted molar refractivity (Wildman–Crippen MR) is 81.0 cm³/mol. The third kappa shape index (κ3) is 4.59. The van der Waals surface area contributed by atoms with Crippen molar-refractivity contribution in [2.45, 2.75) is 32.6 Å². The lowest BCUT2D eigenvalue weighted by atomic mass is 9.81. The van der Waals surface area contributed by atoms with Gasteiger partial charge < -0.3 is 5.11 Å². The highest BCUT2D eigenvalue weighted by Gasteiger charge is 2.43. The Morgan fingerprint density at radius 1 is 1.14 bits per heavy atom. The lowest BCUT2D eigenvalue weighted by Crippen LogP contribution is -2.27. The van der Waals surface area contributed by atoms with Crippen LogP contribution >= 0.6 is 46.4 Å². The second-order valence-corrected chi connectivity index (χ2v) is 7.03. The second kappa shape index (κ2) is 6.45. The Balaban J connectivity index is 3.26. The van der Waals surface area contributed by atoms with Gasteiger partial charge in [0, 0.05) is 6.42 Å². The Labute approximate surface area is 140 Å². The first-order valence-corrected chi connectivity index (χ1v) is 7.32. The van der Waals surface area contributed by atoms with E-state index >= 15 is 0 Å². The van der Waals surface area contributed by atoms with E-state index in [-0.39, 0.29) is 15.1 Å². The molecule has 0 unspecified atom stereocenters. The Kier molecular flexibility index (Phi) is 5.76. The molecule has 1 aromatic rings. The highest BCUT2D eigenvalue weighted by molar-refractivity contribution is 6.49. The maximum atomic E-state index is 14.5. The molecule has 0 radical (unpaired) electrons. The molecular formula is C13H12Cl4F2O2. The van der Waals surface area contributed by atoms with E-state index in [9.17, 15) is 13.6 Å². The van der Waals surface area contributed by atoms with Crippen molar-refractivity contribution in [2.75, 3.05) is 0 Å². The lowest BCUT2D eigenvalue weighted by molar-refractivity contribution is -0.140. The number of benzene rings is 1. The molecule has 0 bridgehead atoms. The Bertz CT molecular complexity index is 574. The van der Waals surface area contributed by atoms with Crippen LogP contribution in [-0.4, -0.2) is 11.1 Å². The van der Waals surface area contributed by atoms with Crippen molar-refractivity contribution in [3.05, 3.63) is 31.7 Å². The smallest absolute Gasteiger partial charge is 0.303 e. The summed E-state index contributed by atoms with van der Waals surface area (Å²) in [5.74, 6) is -4.61. The summed E-state index contributed by atoms with van der Waals surface area (Å²) in [5, 5.41) is 7.78. The van der Waals surface area contributed by atoms with Crippen molar-refractivity contribution >= 4 is 52.4 Å². The van der Waals surface area contributed by atoms with Crippen LogP contribution in [0.2, 0.25) is 20.1 Å². The van der Waals surface area contributed by atoms with Gasteiger partial charge in [-0.25, -0.2) is 8.78 Å². The number of carboxylic acids is 1. The minimum atomic E-state index is -3.44. The molecule has 0 atom stereocenters. The summed E-state index contributed by atoms with van der Waals surface area (Å²) in [4.78, 5) is 10.7. The minimum Gasteiger partial charge on any atom is -0.481 e. The molecule has 118 valence electrons. The van der Waals surface area contributed by atoms with E-state index in [0.29, 0.717) is 0 Å². The molecule has 1 rings (SSSR count). The largest absolute Gasteiger partial charge is 0.481 e. The molecule has 0 aliphatic heterocycles. The zero-order valence-electron chi connectivity index (χ0n) is 11.1. The SMILES string of the molecule is CC(C)(CC(=O)O)CC(F)(F)c1c(Cl)cc(Cl)c(Cl)c1Cl. The van der Waals surface area contributed by atoms with Gasteiger partial charge in [0.05, 0.1) is 32.1 Å². The van der Waals surface area contributed by atoms with Crippen LogP contribution in [0.25, 0.3) is 0 Å². The van der Waals surface area contributed by atoms with E-state index in [1.165, 1.54) is 13.8 Å². The number of aliphatic carboxylic acids is 1. The van der Waals surface area contributed by atoms with Gasteiger partial charge in [0.15, 0.2) is 0 Å². The summed E-state index contributed by atoms with van der Waals surface area (Å²) in [6.45, 7) is 2.85.